The third kappa shape index (κ3) is 4.25. The molecule has 0 saturated heterocycles. The molecule has 5 nitrogen and oxygen atoms in total. The molecule has 0 unspecified atom stereocenters. The van der Waals surface area contributed by atoms with Crippen LogP contribution in [-0.2, 0) is 9.53 Å². The van der Waals surface area contributed by atoms with Crippen LogP contribution in [0.5, 0.6) is 5.75 Å². The molecule has 0 fully saturated rings. The van der Waals surface area contributed by atoms with Crippen LogP contribution in [0.4, 0.5) is 0 Å². The zero-order chi connectivity index (χ0) is 17.5. The number of esters is 1. The van der Waals surface area contributed by atoms with E-state index in [2.05, 4.69) is 12.2 Å². The van der Waals surface area contributed by atoms with E-state index in [9.17, 15) is 9.59 Å². The maximum atomic E-state index is 12.3. The normalized spacial score (nSPS) is 11.8. The van der Waals surface area contributed by atoms with E-state index < -0.39 is 5.97 Å². The third-order valence-corrected chi connectivity index (χ3v) is 3.79. The Balaban J connectivity index is 2.08. The van der Waals surface area contributed by atoms with Gasteiger partial charge in [-0.25, -0.2) is 4.79 Å². The molecule has 0 aromatic heterocycles. The second-order valence-corrected chi connectivity index (χ2v) is 5.69. The van der Waals surface area contributed by atoms with E-state index in [0.29, 0.717) is 11.3 Å². The van der Waals surface area contributed by atoms with E-state index in [0.717, 1.165) is 23.6 Å². The van der Waals surface area contributed by atoms with Crippen LogP contribution in [0.3, 0.4) is 0 Å². The molecule has 128 valence electrons. The van der Waals surface area contributed by atoms with Crippen LogP contribution >= 0.6 is 0 Å². The lowest BCUT2D eigenvalue weighted by Crippen LogP contribution is -2.35. The lowest BCUT2D eigenvalue weighted by atomic mass is 10.0. The Hall–Kier alpha value is -2.56. The van der Waals surface area contributed by atoms with E-state index in [1.165, 1.54) is 0 Å². The van der Waals surface area contributed by atoms with E-state index >= 15 is 0 Å². The molecular formula is C19H23NO4. The Bertz CT molecular complexity index is 726. The summed E-state index contributed by atoms with van der Waals surface area (Å²) >= 11 is 0. The molecule has 2 aromatic rings. The van der Waals surface area contributed by atoms with Crippen LogP contribution in [-0.4, -0.2) is 31.6 Å². The summed E-state index contributed by atoms with van der Waals surface area (Å²) in [6.07, 6.45) is 1.88. The predicted octanol–water partition coefficient (Wildman–Crippen LogP) is 3.31. The van der Waals surface area contributed by atoms with Gasteiger partial charge < -0.3 is 14.8 Å². The molecule has 0 aliphatic heterocycles. The number of carbonyl (C=O) groups excluding carboxylic acids is 2. The second kappa shape index (κ2) is 8.34. The number of carbonyl (C=O) groups is 2. The molecule has 2 aromatic carbocycles. The molecule has 0 spiro atoms. The Morgan fingerprint density at radius 2 is 1.83 bits per heavy atom. The molecule has 0 radical (unpaired) electrons. The van der Waals surface area contributed by atoms with Crippen LogP contribution in [0.25, 0.3) is 10.8 Å². The largest absolute Gasteiger partial charge is 0.496 e. The number of rotatable bonds is 7. The highest BCUT2D eigenvalue weighted by molar-refractivity contribution is 6.06. The maximum absolute atomic E-state index is 12.3. The number of amides is 1. The fraction of sp³-hybridized carbons (Fsp3) is 0.368. The molecule has 1 amide bonds. The highest BCUT2D eigenvalue weighted by atomic mass is 16.5. The Morgan fingerprint density at radius 3 is 2.50 bits per heavy atom. The molecule has 0 heterocycles. The quantitative estimate of drug-likeness (QED) is 0.792. The highest BCUT2D eigenvalue weighted by Gasteiger charge is 2.16. The fourth-order valence-corrected chi connectivity index (χ4v) is 2.66. The van der Waals surface area contributed by atoms with E-state index in [1.54, 1.807) is 19.2 Å². The average Bonchev–Trinajstić information content (AvgIpc) is 2.58. The van der Waals surface area contributed by atoms with Crippen LogP contribution in [0, 0.1) is 0 Å². The highest BCUT2D eigenvalue weighted by Crippen LogP contribution is 2.28. The molecular weight excluding hydrogens is 306 g/mol. The summed E-state index contributed by atoms with van der Waals surface area (Å²) in [6, 6.07) is 10.9. The van der Waals surface area contributed by atoms with Gasteiger partial charge in [0.1, 0.15) is 5.75 Å². The standard InChI is InChI=1S/C19H23NO4/c1-4-7-13(2)20-18(21)12-24-19(22)16-10-11-17(23-3)15-9-6-5-8-14(15)16/h5-6,8-11,13H,4,7,12H2,1-3H3,(H,20,21)/t13-/m1/s1. The summed E-state index contributed by atoms with van der Waals surface area (Å²) in [6.45, 7) is 3.70. The van der Waals surface area contributed by atoms with Gasteiger partial charge in [0, 0.05) is 11.4 Å². The second-order valence-electron chi connectivity index (χ2n) is 5.69. The predicted molar refractivity (Wildman–Crippen MR) is 93.3 cm³/mol. The number of nitrogens with one attached hydrogen (secondary N) is 1. The van der Waals surface area contributed by atoms with Crippen molar-refractivity contribution in [1.82, 2.24) is 5.32 Å². The first-order valence-electron chi connectivity index (χ1n) is 8.09. The van der Waals surface area contributed by atoms with E-state index in [1.807, 2.05) is 31.2 Å². The van der Waals surface area contributed by atoms with Crippen molar-refractivity contribution >= 4 is 22.6 Å². The summed E-state index contributed by atoms with van der Waals surface area (Å²) in [7, 11) is 1.58. The van der Waals surface area contributed by atoms with Crippen LogP contribution < -0.4 is 10.1 Å². The lowest BCUT2D eigenvalue weighted by molar-refractivity contribution is -0.124. The Kier molecular flexibility index (Phi) is 6.18. The molecule has 0 aliphatic rings. The van der Waals surface area contributed by atoms with E-state index in [4.69, 9.17) is 9.47 Å². The van der Waals surface area contributed by atoms with Gasteiger partial charge in [-0.15, -0.1) is 0 Å². The van der Waals surface area contributed by atoms with Crippen LogP contribution in [0.15, 0.2) is 36.4 Å². The number of benzene rings is 2. The average molecular weight is 329 g/mol. The van der Waals surface area contributed by atoms with Gasteiger partial charge >= 0.3 is 5.97 Å². The molecule has 2 rings (SSSR count). The van der Waals surface area contributed by atoms with Gasteiger partial charge in [0.2, 0.25) is 0 Å². The summed E-state index contributed by atoms with van der Waals surface area (Å²) in [5.41, 5.74) is 0.417. The summed E-state index contributed by atoms with van der Waals surface area (Å²) in [4.78, 5) is 24.2. The fourth-order valence-electron chi connectivity index (χ4n) is 2.66. The van der Waals surface area contributed by atoms with Crippen LogP contribution in [0.1, 0.15) is 37.0 Å². The van der Waals surface area contributed by atoms with Crippen molar-refractivity contribution in [2.75, 3.05) is 13.7 Å². The summed E-state index contributed by atoms with van der Waals surface area (Å²) < 4.78 is 10.5. The minimum absolute atomic E-state index is 0.0722. The monoisotopic (exact) mass is 329 g/mol. The van der Waals surface area contributed by atoms with Gasteiger partial charge in [0.05, 0.1) is 12.7 Å². The third-order valence-electron chi connectivity index (χ3n) is 3.79. The molecule has 0 aliphatic carbocycles. The van der Waals surface area contributed by atoms with Crippen molar-refractivity contribution in [1.29, 1.82) is 0 Å². The number of fused-ring (bicyclic) bond motifs is 1. The molecule has 0 bridgehead atoms. The summed E-state index contributed by atoms with van der Waals surface area (Å²) in [5.74, 6) is -0.123. The molecule has 0 saturated carbocycles. The van der Waals surface area contributed by atoms with Crippen molar-refractivity contribution in [3.05, 3.63) is 42.0 Å². The number of ether oxygens (including phenoxy) is 2. The number of hydrogen-bond acceptors (Lipinski definition) is 4. The topological polar surface area (TPSA) is 64.6 Å². The smallest absolute Gasteiger partial charge is 0.339 e. The van der Waals surface area contributed by atoms with Crippen molar-refractivity contribution in [2.24, 2.45) is 0 Å². The summed E-state index contributed by atoms with van der Waals surface area (Å²) in [5, 5.41) is 4.37. The Morgan fingerprint density at radius 1 is 1.12 bits per heavy atom. The van der Waals surface area contributed by atoms with Gasteiger partial charge in [-0.05, 0) is 30.9 Å². The lowest BCUT2D eigenvalue weighted by Gasteiger charge is -2.13. The van der Waals surface area contributed by atoms with Gasteiger partial charge in [0.25, 0.3) is 5.91 Å². The van der Waals surface area contributed by atoms with Crippen molar-refractivity contribution in [2.45, 2.75) is 32.7 Å². The van der Waals surface area contributed by atoms with Crippen molar-refractivity contribution in [3.8, 4) is 5.75 Å². The molecule has 1 N–H and O–H groups in total. The molecule has 24 heavy (non-hydrogen) atoms. The number of hydrogen-bond donors (Lipinski definition) is 1. The van der Waals surface area contributed by atoms with Crippen molar-refractivity contribution in [3.63, 3.8) is 0 Å². The first kappa shape index (κ1) is 17.8. The SMILES string of the molecule is CCC[C@@H](C)NC(=O)COC(=O)c1ccc(OC)c2ccccc12. The Labute approximate surface area is 141 Å². The van der Waals surface area contributed by atoms with Gasteiger partial charge in [0.15, 0.2) is 6.61 Å². The first-order valence-corrected chi connectivity index (χ1v) is 8.09. The van der Waals surface area contributed by atoms with Gasteiger partial charge in [-0.1, -0.05) is 37.6 Å². The minimum Gasteiger partial charge on any atom is -0.496 e. The zero-order valence-corrected chi connectivity index (χ0v) is 14.3. The van der Waals surface area contributed by atoms with Crippen LogP contribution in [0.2, 0.25) is 0 Å². The van der Waals surface area contributed by atoms with E-state index in [-0.39, 0.29) is 18.6 Å². The van der Waals surface area contributed by atoms with Crippen molar-refractivity contribution < 1.29 is 19.1 Å². The maximum Gasteiger partial charge on any atom is 0.339 e. The zero-order valence-electron chi connectivity index (χ0n) is 14.3. The van der Waals surface area contributed by atoms with Gasteiger partial charge in [-0.2, -0.15) is 0 Å². The first-order chi connectivity index (χ1) is 11.6. The van der Waals surface area contributed by atoms with Gasteiger partial charge in [-0.3, -0.25) is 4.79 Å². The molecule has 5 heteroatoms. The number of methoxy groups -OCH3 is 1. The molecule has 1 atom stereocenters. The minimum atomic E-state index is -0.521.